The third-order valence-corrected chi connectivity index (χ3v) is 1.65. The van der Waals surface area contributed by atoms with Crippen LogP contribution in [0.1, 0.15) is 5.82 Å². The highest BCUT2D eigenvalue weighted by molar-refractivity contribution is 5.88. The van der Waals surface area contributed by atoms with E-state index in [1.54, 1.807) is 14.1 Å². The summed E-state index contributed by atoms with van der Waals surface area (Å²) in [7, 11) is 4.58. The third-order valence-electron chi connectivity index (χ3n) is 1.65. The summed E-state index contributed by atoms with van der Waals surface area (Å²) in [5.41, 5.74) is 0. The highest BCUT2D eigenvalue weighted by Crippen LogP contribution is 2.10. The first-order chi connectivity index (χ1) is 7.99. The standard InChI is InChI=1S/C7H10N6O4/c1-12(2)6-8-4(5(11-14)13(15)16)9-7(10-6)17-3/h14H,1-3H3/b11-5-. The van der Waals surface area contributed by atoms with Crippen molar-refractivity contribution in [2.45, 2.75) is 0 Å². The summed E-state index contributed by atoms with van der Waals surface area (Å²) >= 11 is 0. The maximum Gasteiger partial charge on any atom is 0.454 e. The van der Waals surface area contributed by atoms with Crippen LogP contribution in [0.5, 0.6) is 6.01 Å². The molecular weight excluding hydrogens is 232 g/mol. The molecular formula is C7H10N6O4. The molecule has 17 heavy (non-hydrogen) atoms. The van der Waals surface area contributed by atoms with Crippen LogP contribution >= 0.6 is 0 Å². The number of anilines is 1. The van der Waals surface area contributed by atoms with Crippen LogP contribution in [-0.4, -0.2) is 52.1 Å². The van der Waals surface area contributed by atoms with Crippen molar-refractivity contribution in [3.63, 3.8) is 0 Å². The van der Waals surface area contributed by atoms with Crippen LogP contribution in [0.3, 0.4) is 0 Å². The second-order valence-corrected chi connectivity index (χ2v) is 3.02. The van der Waals surface area contributed by atoms with Gasteiger partial charge in [0.05, 0.1) is 7.11 Å². The zero-order chi connectivity index (χ0) is 13.0. The second kappa shape index (κ2) is 5.01. The molecule has 1 rings (SSSR count). The number of amidine groups is 1. The summed E-state index contributed by atoms with van der Waals surface area (Å²) in [4.78, 5) is 22.4. The highest BCUT2D eigenvalue weighted by atomic mass is 16.6. The van der Waals surface area contributed by atoms with E-state index in [9.17, 15) is 10.1 Å². The van der Waals surface area contributed by atoms with Crippen LogP contribution in [0.4, 0.5) is 5.95 Å². The van der Waals surface area contributed by atoms with E-state index in [0.717, 1.165) is 0 Å². The van der Waals surface area contributed by atoms with Gasteiger partial charge < -0.3 is 25.0 Å². The first-order valence-corrected chi connectivity index (χ1v) is 4.33. The Morgan fingerprint density at radius 2 is 2.12 bits per heavy atom. The van der Waals surface area contributed by atoms with Gasteiger partial charge in [-0.05, 0) is 4.92 Å². The fourth-order valence-corrected chi connectivity index (χ4v) is 0.900. The largest absolute Gasteiger partial charge is 0.467 e. The molecule has 1 aromatic heterocycles. The van der Waals surface area contributed by atoms with Crippen molar-refractivity contribution >= 4 is 11.8 Å². The van der Waals surface area contributed by atoms with Crippen LogP contribution in [0.2, 0.25) is 0 Å². The number of aromatic nitrogens is 3. The van der Waals surface area contributed by atoms with Crippen LogP contribution in [0, 0.1) is 10.1 Å². The van der Waals surface area contributed by atoms with Crippen molar-refractivity contribution in [3.05, 3.63) is 15.9 Å². The summed E-state index contributed by atoms with van der Waals surface area (Å²) in [6, 6.07) is -0.110. The van der Waals surface area contributed by atoms with Gasteiger partial charge in [-0.1, -0.05) is 0 Å². The average Bonchev–Trinajstić information content (AvgIpc) is 2.28. The van der Waals surface area contributed by atoms with E-state index in [2.05, 4.69) is 20.1 Å². The molecule has 0 saturated heterocycles. The van der Waals surface area contributed by atoms with Gasteiger partial charge in [0.15, 0.2) is 5.16 Å². The number of rotatable bonds is 3. The highest BCUT2D eigenvalue weighted by Gasteiger charge is 2.23. The summed E-state index contributed by atoms with van der Waals surface area (Å²) in [6.45, 7) is 0. The second-order valence-electron chi connectivity index (χ2n) is 3.02. The van der Waals surface area contributed by atoms with Crippen LogP contribution in [0.25, 0.3) is 0 Å². The molecule has 0 fully saturated rings. The minimum Gasteiger partial charge on any atom is -0.467 e. The Balaban J connectivity index is 3.33. The normalized spacial score (nSPS) is 11.1. The van der Waals surface area contributed by atoms with E-state index < -0.39 is 10.8 Å². The Morgan fingerprint density at radius 1 is 1.47 bits per heavy atom. The molecule has 0 aromatic carbocycles. The SMILES string of the molecule is COc1nc(/C(=N/O)[N+](=O)[O-])nc(N(C)C)n1. The fraction of sp³-hybridized carbons (Fsp3) is 0.429. The van der Waals surface area contributed by atoms with Gasteiger partial charge in [0.2, 0.25) is 5.95 Å². The molecule has 1 N–H and O–H groups in total. The van der Waals surface area contributed by atoms with E-state index >= 15 is 0 Å². The van der Waals surface area contributed by atoms with Gasteiger partial charge in [0, 0.05) is 14.1 Å². The molecule has 1 aromatic rings. The van der Waals surface area contributed by atoms with Gasteiger partial charge >= 0.3 is 11.8 Å². The zero-order valence-corrected chi connectivity index (χ0v) is 9.36. The number of methoxy groups -OCH3 is 1. The van der Waals surface area contributed by atoms with Crippen LogP contribution in [0.15, 0.2) is 5.16 Å². The van der Waals surface area contributed by atoms with Crippen LogP contribution in [-0.2, 0) is 0 Å². The predicted molar refractivity (Wildman–Crippen MR) is 56.0 cm³/mol. The topological polar surface area (TPSA) is 127 Å². The van der Waals surface area contributed by atoms with E-state index in [0.29, 0.717) is 0 Å². The lowest BCUT2D eigenvalue weighted by Crippen LogP contribution is -2.21. The minimum absolute atomic E-state index is 0.110. The molecule has 0 unspecified atom stereocenters. The maximum absolute atomic E-state index is 10.6. The molecule has 0 spiro atoms. The molecule has 92 valence electrons. The first kappa shape index (κ1) is 12.5. The lowest BCUT2D eigenvalue weighted by Gasteiger charge is -2.10. The molecule has 0 aliphatic heterocycles. The van der Waals surface area contributed by atoms with Gasteiger partial charge in [-0.15, -0.1) is 0 Å². The molecule has 10 heteroatoms. The van der Waals surface area contributed by atoms with E-state index in [-0.39, 0.29) is 17.8 Å². The maximum atomic E-state index is 10.6. The summed E-state index contributed by atoms with van der Waals surface area (Å²) in [5.74, 6) is -1.11. The number of oxime groups is 1. The van der Waals surface area contributed by atoms with Crippen molar-refractivity contribution in [2.75, 3.05) is 26.1 Å². The summed E-state index contributed by atoms with van der Waals surface area (Å²) < 4.78 is 4.77. The van der Waals surface area contributed by atoms with Gasteiger partial charge in [0.25, 0.3) is 5.82 Å². The zero-order valence-electron chi connectivity index (χ0n) is 9.36. The predicted octanol–water partition coefficient (Wildman–Crippen LogP) is -0.641. The summed E-state index contributed by atoms with van der Waals surface area (Å²) in [6.07, 6.45) is 0. The lowest BCUT2D eigenvalue weighted by atomic mass is 10.5. The molecule has 0 saturated carbocycles. The Hall–Kier alpha value is -2.52. The molecule has 0 aliphatic rings. The molecule has 0 atom stereocenters. The van der Waals surface area contributed by atoms with Crippen molar-refractivity contribution in [2.24, 2.45) is 5.16 Å². The summed E-state index contributed by atoms with van der Waals surface area (Å²) in [5, 5.41) is 21.6. The first-order valence-electron chi connectivity index (χ1n) is 4.33. The van der Waals surface area contributed by atoms with Gasteiger partial charge in [-0.2, -0.15) is 15.0 Å². The van der Waals surface area contributed by atoms with E-state index in [4.69, 9.17) is 9.94 Å². The fourth-order valence-electron chi connectivity index (χ4n) is 0.900. The molecule has 0 amide bonds. The number of nitrogens with zero attached hydrogens (tertiary/aromatic N) is 6. The number of nitro groups is 1. The quantitative estimate of drug-likeness (QED) is 0.244. The monoisotopic (exact) mass is 242 g/mol. The third kappa shape index (κ3) is 2.74. The van der Waals surface area contributed by atoms with Gasteiger partial charge in [-0.25, -0.2) is 0 Å². The molecule has 0 radical (unpaired) electrons. The molecule has 0 bridgehead atoms. The van der Waals surface area contributed by atoms with Crippen LogP contribution < -0.4 is 9.64 Å². The Bertz CT molecular complexity index is 460. The number of hydrogen-bond donors (Lipinski definition) is 1. The van der Waals surface area contributed by atoms with Crippen molar-refractivity contribution < 1.29 is 14.9 Å². The Morgan fingerprint density at radius 3 is 2.53 bits per heavy atom. The van der Waals surface area contributed by atoms with Crippen molar-refractivity contribution in [1.82, 2.24) is 15.0 Å². The number of hydrogen-bond acceptors (Lipinski definition) is 9. The van der Waals surface area contributed by atoms with E-state index in [1.165, 1.54) is 12.0 Å². The Kier molecular flexibility index (Phi) is 3.70. The smallest absolute Gasteiger partial charge is 0.454 e. The molecule has 1 heterocycles. The van der Waals surface area contributed by atoms with E-state index in [1.807, 2.05) is 0 Å². The van der Waals surface area contributed by atoms with Gasteiger partial charge in [0.1, 0.15) is 0 Å². The molecule has 10 nitrogen and oxygen atoms in total. The molecule has 0 aliphatic carbocycles. The Labute approximate surface area is 95.7 Å². The van der Waals surface area contributed by atoms with Gasteiger partial charge in [-0.3, -0.25) is 0 Å². The van der Waals surface area contributed by atoms with Crippen molar-refractivity contribution in [3.8, 4) is 6.01 Å². The average molecular weight is 242 g/mol. The van der Waals surface area contributed by atoms with Crippen molar-refractivity contribution in [1.29, 1.82) is 0 Å². The minimum atomic E-state index is -0.909. The lowest BCUT2D eigenvalue weighted by molar-refractivity contribution is -0.351. The number of ether oxygens (including phenoxy) is 1.